The fraction of sp³-hybridized carbons (Fsp3) is 0.353. The van der Waals surface area contributed by atoms with Crippen molar-refractivity contribution < 1.29 is 23.8 Å². The van der Waals surface area contributed by atoms with Gasteiger partial charge in [-0.2, -0.15) is 9.97 Å². The lowest BCUT2D eigenvalue weighted by atomic mass is 10.1. The zero-order valence-corrected chi connectivity index (χ0v) is 16.4. The largest absolute Gasteiger partial charge is 0.458 e. The summed E-state index contributed by atoms with van der Waals surface area (Å²) in [6, 6.07) is 7.34. The van der Waals surface area contributed by atoms with Gasteiger partial charge in [0, 0.05) is 7.11 Å². The first-order valence-corrected chi connectivity index (χ1v) is 10.3. The van der Waals surface area contributed by atoms with Crippen LogP contribution < -0.4 is 10.5 Å². The van der Waals surface area contributed by atoms with E-state index in [9.17, 15) is 9.46 Å². The molecule has 2 unspecified atom stereocenters. The van der Waals surface area contributed by atoms with Crippen molar-refractivity contribution in [3.8, 4) is 6.01 Å². The van der Waals surface area contributed by atoms with Gasteiger partial charge in [-0.1, -0.05) is 24.3 Å². The number of hydrogen-bond acceptors (Lipinski definition) is 8. The van der Waals surface area contributed by atoms with Gasteiger partial charge in [-0.3, -0.25) is 4.57 Å². The third kappa shape index (κ3) is 4.66. The van der Waals surface area contributed by atoms with E-state index in [0.29, 0.717) is 23.3 Å². The first kappa shape index (κ1) is 20.2. The molecular formula is C17H22N5O5P. The molecule has 3 aromatic rings. The van der Waals surface area contributed by atoms with Crippen LogP contribution in [-0.4, -0.2) is 49.3 Å². The molecule has 0 saturated heterocycles. The lowest BCUT2D eigenvalue weighted by Gasteiger charge is -2.12. The molecule has 4 N–H and O–H groups in total. The fourth-order valence-corrected chi connectivity index (χ4v) is 3.44. The average molecular weight is 407 g/mol. The Morgan fingerprint density at radius 1 is 1.32 bits per heavy atom. The Morgan fingerprint density at radius 2 is 2.07 bits per heavy atom. The van der Waals surface area contributed by atoms with E-state index in [-0.39, 0.29) is 24.6 Å². The quantitative estimate of drug-likeness (QED) is 0.473. The Bertz CT molecular complexity index is 1020. The van der Waals surface area contributed by atoms with E-state index in [4.69, 9.17) is 15.6 Å². The third-order valence-corrected chi connectivity index (χ3v) is 5.38. The molecule has 11 heteroatoms. The SMILES string of the molecule is COP(=O)(O)Cc1cccc(Cn2cnc3c(N)nc(OC(C)CO)nc32)c1. The number of nitrogens with two attached hydrogens (primary N) is 1. The Hall–Kier alpha value is -2.52. The van der Waals surface area contributed by atoms with Crippen LogP contribution in [0.1, 0.15) is 18.1 Å². The van der Waals surface area contributed by atoms with Crippen LogP contribution in [0.5, 0.6) is 6.01 Å². The summed E-state index contributed by atoms with van der Waals surface area (Å²) in [5.74, 6) is 0.180. The van der Waals surface area contributed by atoms with E-state index in [0.717, 1.165) is 5.56 Å². The Kier molecular flexibility index (Phi) is 5.95. The van der Waals surface area contributed by atoms with E-state index in [2.05, 4.69) is 19.5 Å². The van der Waals surface area contributed by atoms with Crippen LogP contribution in [0.4, 0.5) is 5.82 Å². The number of aliphatic hydroxyl groups is 1. The Labute approximate surface area is 161 Å². The molecule has 0 saturated carbocycles. The predicted molar refractivity (Wildman–Crippen MR) is 103 cm³/mol. The number of aromatic nitrogens is 4. The number of aliphatic hydroxyl groups excluding tert-OH is 1. The maximum atomic E-state index is 11.8. The number of anilines is 1. The van der Waals surface area contributed by atoms with Gasteiger partial charge in [-0.15, -0.1) is 0 Å². The second-order valence-corrected chi connectivity index (χ2v) is 8.30. The van der Waals surface area contributed by atoms with Gasteiger partial charge in [-0.05, 0) is 18.1 Å². The number of rotatable bonds is 8. The predicted octanol–water partition coefficient (Wildman–Crippen LogP) is 1.55. The van der Waals surface area contributed by atoms with E-state index < -0.39 is 13.7 Å². The highest BCUT2D eigenvalue weighted by atomic mass is 31.2. The van der Waals surface area contributed by atoms with Gasteiger partial charge >= 0.3 is 13.6 Å². The molecule has 0 radical (unpaired) electrons. The van der Waals surface area contributed by atoms with Crippen molar-refractivity contribution in [2.24, 2.45) is 0 Å². The summed E-state index contributed by atoms with van der Waals surface area (Å²) in [5, 5.41) is 9.14. The second kappa shape index (κ2) is 8.24. The molecule has 3 rings (SSSR count). The molecular weight excluding hydrogens is 385 g/mol. The van der Waals surface area contributed by atoms with Gasteiger partial charge in [-0.25, -0.2) is 4.98 Å². The van der Waals surface area contributed by atoms with Crippen LogP contribution in [0, 0.1) is 0 Å². The van der Waals surface area contributed by atoms with Crippen molar-refractivity contribution >= 4 is 24.6 Å². The molecule has 0 amide bonds. The number of nitrogen functional groups attached to an aromatic ring is 1. The summed E-state index contributed by atoms with van der Waals surface area (Å²) in [7, 11) is -2.44. The number of benzene rings is 1. The number of imidazole rings is 1. The lowest BCUT2D eigenvalue weighted by molar-refractivity contribution is 0.120. The van der Waals surface area contributed by atoms with E-state index in [1.807, 2.05) is 12.1 Å². The first-order valence-electron chi connectivity index (χ1n) is 8.52. The Morgan fingerprint density at radius 3 is 2.79 bits per heavy atom. The molecule has 0 spiro atoms. The summed E-state index contributed by atoms with van der Waals surface area (Å²) in [6.07, 6.45) is 1.04. The van der Waals surface area contributed by atoms with E-state index in [1.165, 1.54) is 7.11 Å². The van der Waals surface area contributed by atoms with E-state index >= 15 is 0 Å². The van der Waals surface area contributed by atoms with Crippen LogP contribution in [-0.2, 0) is 21.8 Å². The van der Waals surface area contributed by atoms with Crippen LogP contribution in [0.15, 0.2) is 30.6 Å². The maximum Gasteiger partial charge on any atom is 0.332 e. The van der Waals surface area contributed by atoms with Crippen molar-refractivity contribution in [1.29, 1.82) is 0 Å². The Balaban J connectivity index is 1.89. The molecule has 2 heterocycles. The molecule has 2 aromatic heterocycles. The molecule has 0 aliphatic rings. The molecule has 0 bridgehead atoms. The van der Waals surface area contributed by atoms with Crippen LogP contribution in [0.3, 0.4) is 0 Å². The fourth-order valence-electron chi connectivity index (χ4n) is 2.65. The number of hydrogen-bond donors (Lipinski definition) is 3. The van der Waals surface area contributed by atoms with Gasteiger partial charge in [0.05, 0.1) is 25.6 Å². The average Bonchev–Trinajstić information content (AvgIpc) is 3.05. The van der Waals surface area contributed by atoms with E-state index in [1.54, 1.807) is 30.0 Å². The highest BCUT2D eigenvalue weighted by Gasteiger charge is 2.18. The molecule has 28 heavy (non-hydrogen) atoms. The minimum Gasteiger partial charge on any atom is -0.458 e. The lowest BCUT2D eigenvalue weighted by Crippen LogP contribution is -2.18. The van der Waals surface area contributed by atoms with Crippen LogP contribution in [0.2, 0.25) is 0 Å². The molecule has 1 aromatic carbocycles. The van der Waals surface area contributed by atoms with Crippen molar-refractivity contribution in [1.82, 2.24) is 19.5 Å². The number of fused-ring (bicyclic) bond motifs is 1. The van der Waals surface area contributed by atoms with Gasteiger partial charge in [0.25, 0.3) is 0 Å². The molecule has 150 valence electrons. The molecule has 0 aliphatic carbocycles. The van der Waals surface area contributed by atoms with Gasteiger partial charge in [0.1, 0.15) is 6.10 Å². The zero-order chi connectivity index (χ0) is 20.3. The minimum absolute atomic E-state index is 0.0587. The van der Waals surface area contributed by atoms with Crippen molar-refractivity contribution in [3.63, 3.8) is 0 Å². The van der Waals surface area contributed by atoms with Crippen molar-refractivity contribution in [2.75, 3.05) is 19.5 Å². The highest BCUT2D eigenvalue weighted by molar-refractivity contribution is 7.51. The summed E-state index contributed by atoms with van der Waals surface area (Å²) >= 11 is 0. The summed E-state index contributed by atoms with van der Waals surface area (Å²) < 4.78 is 23.7. The molecule has 0 fully saturated rings. The van der Waals surface area contributed by atoms with Crippen molar-refractivity contribution in [3.05, 3.63) is 41.7 Å². The van der Waals surface area contributed by atoms with Gasteiger partial charge in [0.15, 0.2) is 17.0 Å². The summed E-state index contributed by atoms with van der Waals surface area (Å²) in [4.78, 5) is 22.3. The van der Waals surface area contributed by atoms with Crippen LogP contribution >= 0.6 is 7.60 Å². The summed E-state index contributed by atoms with van der Waals surface area (Å²) in [6.45, 7) is 1.93. The maximum absolute atomic E-state index is 11.8. The monoisotopic (exact) mass is 407 g/mol. The zero-order valence-electron chi connectivity index (χ0n) is 15.5. The van der Waals surface area contributed by atoms with Crippen LogP contribution in [0.25, 0.3) is 11.2 Å². The van der Waals surface area contributed by atoms with Crippen molar-refractivity contribution in [2.45, 2.75) is 25.7 Å². The molecule has 10 nitrogen and oxygen atoms in total. The number of nitrogens with zero attached hydrogens (tertiary/aromatic N) is 4. The third-order valence-electron chi connectivity index (χ3n) is 4.05. The minimum atomic E-state index is -3.65. The number of ether oxygens (including phenoxy) is 1. The smallest absolute Gasteiger partial charge is 0.332 e. The second-order valence-electron chi connectivity index (χ2n) is 6.35. The summed E-state index contributed by atoms with van der Waals surface area (Å²) in [5.41, 5.74) is 8.45. The van der Waals surface area contributed by atoms with Gasteiger partial charge in [0.2, 0.25) is 0 Å². The molecule has 0 aliphatic heterocycles. The standard InChI is InChI=1S/C17H22N5O5P/c1-11(8-23)27-17-20-15(18)14-16(21-17)22(10-19-14)7-12-4-3-5-13(6-12)9-28(24,25)26-2/h3-6,10-11,23H,7-9H2,1-2H3,(H,24,25)(H2,18,20,21). The first-order chi connectivity index (χ1) is 13.3. The normalized spacial score (nSPS) is 14.7. The highest BCUT2D eigenvalue weighted by Crippen LogP contribution is 2.44. The van der Waals surface area contributed by atoms with Gasteiger partial charge < -0.3 is 29.6 Å². The topological polar surface area (TPSA) is 146 Å². The molecule has 2 atom stereocenters.